The van der Waals surface area contributed by atoms with Crippen LogP contribution < -0.4 is 5.32 Å². The molecule has 2 heterocycles. The van der Waals surface area contributed by atoms with E-state index in [2.05, 4.69) is 26.9 Å². The number of rotatable bonds is 5. The molecule has 1 N–H and O–H groups in total. The highest BCUT2D eigenvalue weighted by Gasteiger charge is 2.18. The van der Waals surface area contributed by atoms with Crippen LogP contribution in [0.4, 0.5) is 0 Å². The van der Waals surface area contributed by atoms with Crippen molar-refractivity contribution in [2.45, 2.75) is 25.9 Å². The van der Waals surface area contributed by atoms with Crippen LogP contribution in [-0.4, -0.2) is 26.4 Å². The van der Waals surface area contributed by atoms with Crippen molar-refractivity contribution in [3.8, 4) is 0 Å². The van der Waals surface area contributed by atoms with E-state index in [9.17, 15) is 0 Å². The first-order valence-corrected chi connectivity index (χ1v) is 6.16. The van der Waals surface area contributed by atoms with E-state index in [1.54, 1.807) is 0 Å². The molecule has 86 valence electrons. The van der Waals surface area contributed by atoms with Gasteiger partial charge in [-0.1, -0.05) is 11.4 Å². The van der Waals surface area contributed by atoms with Gasteiger partial charge >= 0.3 is 0 Å². The summed E-state index contributed by atoms with van der Waals surface area (Å²) in [5, 5.41) is 13.6. The Hall–Kier alpha value is -1.27. The molecule has 0 radical (unpaired) electrons. The fourth-order valence-electron chi connectivity index (χ4n) is 1.73. The molecule has 0 fully saturated rings. The zero-order valence-corrected chi connectivity index (χ0v) is 10.2. The highest BCUT2D eigenvalue weighted by Crippen LogP contribution is 2.20. The summed E-state index contributed by atoms with van der Waals surface area (Å²) in [5.41, 5.74) is 2.09. The van der Waals surface area contributed by atoms with Crippen molar-refractivity contribution >= 4 is 11.5 Å². The second kappa shape index (κ2) is 5.18. The van der Waals surface area contributed by atoms with Crippen molar-refractivity contribution < 1.29 is 0 Å². The van der Waals surface area contributed by atoms with Crippen LogP contribution in [0.1, 0.15) is 30.8 Å². The molecule has 0 amide bonds. The van der Waals surface area contributed by atoms with Crippen LogP contribution in [0, 0.1) is 0 Å². The molecule has 6 heteroatoms. The predicted molar refractivity (Wildman–Crippen MR) is 63.3 cm³/mol. The van der Waals surface area contributed by atoms with Crippen LogP contribution in [0.5, 0.6) is 0 Å². The zero-order valence-electron chi connectivity index (χ0n) is 9.42. The summed E-state index contributed by atoms with van der Waals surface area (Å²) in [7, 11) is 1.92. The highest BCUT2D eigenvalue weighted by molar-refractivity contribution is 7.03. The second-order valence-corrected chi connectivity index (χ2v) is 4.14. The van der Waals surface area contributed by atoms with Crippen LogP contribution in [0.25, 0.3) is 0 Å². The fraction of sp³-hybridized carbons (Fsp3) is 0.500. The number of hydrogen-bond acceptors (Lipinski definition) is 5. The Bertz CT molecular complexity index is 422. The summed E-state index contributed by atoms with van der Waals surface area (Å²) < 4.78 is 5.91. The Morgan fingerprint density at radius 2 is 2.44 bits per heavy atom. The standard InChI is InChI=1S/C10H15N5S/c1-3-6-15-9(4-5-12-15)10(11-2)8-7-16-14-13-8/h4-5,7,10-11H,3,6H2,1-2H3. The maximum atomic E-state index is 4.32. The number of nitrogens with one attached hydrogen (secondary N) is 1. The molecule has 0 aliphatic carbocycles. The predicted octanol–water partition coefficient (Wildman–Crippen LogP) is 1.45. The van der Waals surface area contributed by atoms with Crippen molar-refractivity contribution in [2.24, 2.45) is 0 Å². The van der Waals surface area contributed by atoms with Gasteiger partial charge in [-0.2, -0.15) is 5.10 Å². The van der Waals surface area contributed by atoms with Crippen LogP contribution in [0.2, 0.25) is 0 Å². The van der Waals surface area contributed by atoms with Gasteiger partial charge in [0.25, 0.3) is 0 Å². The lowest BCUT2D eigenvalue weighted by Crippen LogP contribution is -2.22. The topological polar surface area (TPSA) is 55.6 Å². The Kier molecular flexibility index (Phi) is 3.63. The average molecular weight is 237 g/mol. The Labute approximate surface area is 98.7 Å². The zero-order chi connectivity index (χ0) is 11.4. The third-order valence-corrected chi connectivity index (χ3v) is 2.96. The Morgan fingerprint density at radius 1 is 1.56 bits per heavy atom. The van der Waals surface area contributed by atoms with E-state index >= 15 is 0 Å². The van der Waals surface area contributed by atoms with Crippen LogP contribution in [0.15, 0.2) is 17.6 Å². The van der Waals surface area contributed by atoms with E-state index in [1.165, 1.54) is 11.5 Å². The smallest absolute Gasteiger partial charge is 0.0985 e. The van der Waals surface area contributed by atoms with Crippen LogP contribution in [-0.2, 0) is 6.54 Å². The van der Waals surface area contributed by atoms with Crippen molar-refractivity contribution in [3.63, 3.8) is 0 Å². The monoisotopic (exact) mass is 237 g/mol. The summed E-state index contributed by atoms with van der Waals surface area (Å²) in [6.45, 7) is 3.07. The SMILES string of the molecule is CCCn1nccc1C(NC)c1csnn1. The Balaban J connectivity index is 2.30. The van der Waals surface area contributed by atoms with Crippen molar-refractivity contribution in [2.75, 3.05) is 7.05 Å². The third kappa shape index (κ3) is 2.12. The summed E-state index contributed by atoms with van der Waals surface area (Å²) in [6.07, 6.45) is 2.90. The van der Waals surface area contributed by atoms with E-state index in [0.29, 0.717) is 0 Å². The molecule has 0 saturated carbocycles. The molecule has 0 bridgehead atoms. The van der Waals surface area contributed by atoms with Crippen LogP contribution in [0.3, 0.4) is 0 Å². The fourth-order valence-corrected chi connectivity index (χ4v) is 2.21. The number of aryl methyl sites for hydroxylation is 1. The maximum Gasteiger partial charge on any atom is 0.0985 e. The summed E-state index contributed by atoms with van der Waals surface area (Å²) in [5.74, 6) is 0. The van der Waals surface area contributed by atoms with Gasteiger partial charge in [0.2, 0.25) is 0 Å². The maximum absolute atomic E-state index is 4.32. The van der Waals surface area contributed by atoms with E-state index in [4.69, 9.17) is 0 Å². The first-order chi connectivity index (χ1) is 7.86. The molecule has 2 aromatic heterocycles. The minimum atomic E-state index is 0.0767. The number of aromatic nitrogens is 4. The van der Waals surface area contributed by atoms with Gasteiger partial charge in [0.1, 0.15) is 0 Å². The first kappa shape index (κ1) is 11.2. The molecule has 0 aliphatic rings. The van der Waals surface area contributed by atoms with Crippen LogP contribution >= 0.6 is 11.5 Å². The van der Waals surface area contributed by atoms with Gasteiger partial charge in [0.15, 0.2) is 0 Å². The van der Waals surface area contributed by atoms with Gasteiger partial charge in [-0.15, -0.1) is 5.10 Å². The van der Waals surface area contributed by atoms with Gasteiger partial charge in [-0.3, -0.25) is 4.68 Å². The molecule has 5 nitrogen and oxygen atoms in total. The number of nitrogens with zero attached hydrogens (tertiary/aromatic N) is 4. The minimum Gasteiger partial charge on any atom is -0.307 e. The molecule has 0 saturated heterocycles. The van der Waals surface area contributed by atoms with Gasteiger partial charge < -0.3 is 5.32 Å². The van der Waals surface area contributed by atoms with Gasteiger partial charge in [0.05, 0.1) is 17.4 Å². The second-order valence-electron chi connectivity index (χ2n) is 3.53. The average Bonchev–Trinajstić information content (AvgIpc) is 2.92. The lowest BCUT2D eigenvalue weighted by molar-refractivity contribution is 0.529. The number of hydrogen-bond donors (Lipinski definition) is 1. The van der Waals surface area contributed by atoms with E-state index in [0.717, 1.165) is 24.4 Å². The van der Waals surface area contributed by atoms with Gasteiger partial charge in [0, 0.05) is 18.1 Å². The first-order valence-electron chi connectivity index (χ1n) is 5.32. The lowest BCUT2D eigenvalue weighted by Gasteiger charge is -2.15. The molecule has 1 atom stereocenters. The largest absolute Gasteiger partial charge is 0.307 e. The molecular formula is C10H15N5S. The minimum absolute atomic E-state index is 0.0767. The van der Waals surface area contributed by atoms with E-state index < -0.39 is 0 Å². The molecule has 16 heavy (non-hydrogen) atoms. The van der Waals surface area contributed by atoms with Crippen molar-refractivity contribution in [1.82, 2.24) is 24.7 Å². The van der Waals surface area contributed by atoms with E-state index in [-0.39, 0.29) is 6.04 Å². The Morgan fingerprint density at radius 3 is 3.06 bits per heavy atom. The van der Waals surface area contributed by atoms with Crippen molar-refractivity contribution in [3.05, 3.63) is 29.0 Å². The molecule has 1 unspecified atom stereocenters. The summed E-state index contributed by atoms with van der Waals surface area (Å²) in [4.78, 5) is 0. The van der Waals surface area contributed by atoms with Crippen molar-refractivity contribution in [1.29, 1.82) is 0 Å². The molecule has 2 aromatic rings. The highest BCUT2D eigenvalue weighted by atomic mass is 32.1. The lowest BCUT2D eigenvalue weighted by atomic mass is 10.1. The van der Waals surface area contributed by atoms with E-state index in [1.807, 2.05) is 29.4 Å². The quantitative estimate of drug-likeness (QED) is 0.855. The van der Waals surface area contributed by atoms with Gasteiger partial charge in [-0.25, -0.2) is 0 Å². The third-order valence-electron chi connectivity index (χ3n) is 2.44. The molecule has 0 aliphatic heterocycles. The molecule has 0 spiro atoms. The normalized spacial score (nSPS) is 12.9. The molecule has 0 aromatic carbocycles. The van der Waals surface area contributed by atoms with Gasteiger partial charge in [-0.05, 0) is 31.1 Å². The summed E-state index contributed by atoms with van der Waals surface area (Å²) in [6, 6.07) is 2.10. The molecule has 2 rings (SSSR count). The summed E-state index contributed by atoms with van der Waals surface area (Å²) >= 11 is 1.37. The molecular weight excluding hydrogens is 222 g/mol.